The van der Waals surface area contributed by atoms with E-state index in [0.717, 1.165) is 38.5 Å². The molecule has 4 rings (SSSR count). The molecule has 0 radical (unpaired) electrons. The van der Waals surface area contributed by atoms with Crippen LogP contribution in [0.5, 0.6) is 0 Å². The van der Waals surface area contributed by atoms with Crippen LogP contribution in [0.3, 0.4) is 0 Å². The monoisotopic (exact) mass is 315 g/mol. The summed E-state index contributed by atoms with van der Waals surface area (Å²) in [5.74, 6) is -0.906. The van der Waals surface area contributed by atoms with Gasteiger partial charge in [-0.15, -0.1) is 0 Å². The summed E-state index contributed by atoms with van der Waals surface area (Å²) in [6.45, 7) is 2.32. The van der Waals surface area contributed by atoms with Gasteiger partial charge in [-0.3, -0.25) is 5.73 Å². The van der Waals surface area contributed by atoms with Crippen molar-refractivity contribution in [1.29, 1.82) is 10.5 Å². The number of rotatable bonds is 0. The van der Waals surface area contributed by atoms with Gasteiger partial charge in [0, 0.05) is 5.41 Å². The molecule has 6 heteroatoms. The first-order valence-electron chi connectivity index (χ1n) is 8.61. The molecule has 2 spiro atoms. The molecule has 2 aliphatic carbocycles. The second kappa shape index (κ2) is 4.47. The summed E-state index contributed by atoms with van der Waals surface area (Å²) in [5, 5.41) is 20.3. The maximum Gasteiger partial charge on any atom is 0.343 e. The molecule has 0 unspecified atom stereocenters. The van der Waals surface area contributed by atoms with Crippen molar-refractivity contribution in [3.63, 3.8) is 0 Å². The summed E-state index contributed by atoms with van der Waals surface area (Å²) in [6, 6.07) is 4.89. The van der Waals surface area contributed by atoms with Gasteiger partial charge in [0.15, 0.2) is 10.8 Å². The first kappa shape index (κ1) is 14.9. The van der Waals surface area contributed by atoms with Crippen LogP contribution in [0.4, 0.5) is 0 Å². The number of hydrogen-bond donors (Lipinski definition) is 2. The largest absolute Gasteiger partial charge is 0.343 e. The Balaban J connectivity index is 1.88. The Kier molecular flexibility index (Phi) is 2.90. The molecule has 2 heterocycles. The first-order valence-corrected chi connectivity index (χ1v) is 8.61. The van der Waals surface area contributed by atoms with Gasteiger partial charge in [-0.25, -0.2) is 4.99 Å². The maximum atomic E-state index is 10.2. The molecule has 3 fully saturated rings. The molecular weight excluding hydrogens is 292 g/mol. The van der Waals surface area contributed by atoms with Crippen LogP contribution < -0.4 is 10.7 Å². The van der Waals surface area contributed by atoms with Crippen LogP contribution in [0.1, 0.15) is 51.9 Å². The molecule has 6 nitrogen and oxygen atoms in total. The van der Waals surface area contributed by atoms with Crippen molar-refractivity contribution < 1.29 is 14.5 Å². The molecule has 122 valence electrons. The Morgan fingerprint density at radius 1 is 1.13 bits per heavy atom. The van der Waals surface area contributed by atoms with Crippen LogP contribution >= 0.6 is 0 Å². The number of nitriles is 2. The van der Waals surface area contributed by atoms with Gasteiger partial charge in [0.2, 0.25) is 0 Å². The second-order valence-electron chi connectivity index (χ2n) is 7.47. The molecule has 0 aromatic carbocycles. The lowest BCUT2D eigenvalue weighted by Crippen LogP contribution is -2.90. The lowest BCUT2D eigenvalue weighted by Gasteiger charge is -2.30. The summed E-state index contributed by atoms with van der Waals surface area (Å²) in [6.07, 6.45) is 7.09. The zero-order valence-corrected chi connectivity index (χ0v) is 13.5. The van der Waals surface area contributed by atoms with E-state index in [-0.39, 0.29) is 6.10 Å². The van der Waals surface area contributed by atoms with E-state index in [2.05, 4.69) is 17.1 Å². The van der Waals surface area contributed by atoms with Crippen molar-refractivity contribution in [2.45, 2.75) is 63.9 Å². The third-order valence-corrected chi connectivity index (χ3v) is 6.56. The molecule has 3 N–H and O–H groups in total. The number of amidine groups is 1. The van der Waals surface area contributed by atoms with Gasteiger partial charge < -0.3 is 9.47 Å². The second-order valence-corrected chi connectivity index (χ2v) is 7.47. The van der Waals surface area contributed by atoms with E-state index >= 15 is 0 Å². The Morgan fingerprint density at radius 3 is 2.30 bits per heavy atom. The molecule has 0 aromatic heterocycles. The highest BCUT2D eigenvalue weighted by atomic mass is 16.8. The van der Waals surface area contributed by atoms with Crippen molar-refractivity contribution in [2.24, 2.45) is 22.0 Å². The Bertz CT molecular complexity index is 654. The number of nitrogens with zero attached hydrogens (tertiary/aromatic N) is 2. The normalized spacial score (nSPS) is 47.3. The minimum Gasteiger partial charge on any atom is -0.311 e. The van der Waals surface area contributed by atoms with Crippen LogP contribution in [0, 0.1) is 38.9 Å². The van der Waals surface area contributed by atoms with Crippen LogP contribution in [-0.2, 0) is 9.47 Å². The number of nitrogens with two attached hydrogens (primary N) is 1. The van der Waals surface area contributed by atoms with E-state index in [4.69, 9.17) is 15.2 Å². The van der Waals surface area contributed by atoms with Gasteiger partial charge in [-0.1, -0.05) is 32.1 Å². The van der Waals surface area contributed by atoms with Crippen molar-refractivity contribution in [2.75, 3.05) is 6.61 Å². The quantitative estimate of drug-likeness (QED) is 0.668. The SMILES string of the molecule is C[C@H]1CO[C@]2([NH+]=C(N)[C@@]3(C#N)C4(CCCCCCC4)[C@@]23C#N)O1. The summed E-state index contributed by atoms with van der Waals surface area (Å²) >= 11 is 0. The highest BCUT2D eigenvalue weighted by Gasteiger charge is 3.03. The highest BCUT2D eigenvalue weighted by molar-refractivity contribution is 5.95. The zero-order chi connectivity index (χ0) is 16.3. The fraction of sp³-hybridized carbons (Fsp3) is 0.824. The summed E-state index contributed by atoms with van der Waals surface area (Å²) in [5.41, 5.74) is 3.79. The summed E-state index contributed by atoms with van der Waals surface area (Å²) in [4.78, 5) is 3.06. The highest BCUT2D eigenvalue weighted by Crippen LogP contribution is 2.86. The predicted molar refractivity (Wildman–Crippen MR) is 80.2 cm³/mol. The van der Waals surface area contributed by atoms with E-state index in [1.165, 1.54) is 6.42 Å². The minimum atomic E-state index is -1.26. The molecule has 2 aliphatic heterocycles. The van der Waals surface area contributed by atoms with Gasteiger partial charge in [0.05, 0.1) is 24.8 Å². The number of ether oxygens (including phenoxy) is 2. The third kappa shape index (κ3) is 1.31. The summed E-state index contributed by atoms with van der Waals surface area (Å²) in [7, 11) is 0. The van der Waals surface area contributed by atoms with Crippen LogP contribution in [0.15, 0.2) is 0 Å². The van der Waals surface area contributed by atoms with Gasteiger partial charge in [0.1, 0.15) is 0 Å². The van der Waals surface area contributed by atoms with Gasteiger partial charge >= 0.3 is 5.91 Å². The van der Waals surface area contributed by atoms with E-state index in [1.54, 1.807) is 0 Å². The van der Waals surface area contributed by atoms with Crippen molar-refractivity contribution >= 4 is 5.84 Å². The fourth-order valence-corrected chi connectivity index (χ4v) is 5.70. The number of hydrogen-bond acceptors (Lipinski definition) is 5. The lowest BCUT2D eigenvalue weighted by atomic mass is 9.78. The van der Waals surface area contributed by atoms with Crippen molar-refractivity contribution in [3.8, 4) is 12.1 Å². The van der Waals surface area contributed by atoms with E-state index in [1.807, 2.05) is 6.92 Å². The zero-order valence-electron chi connectivity index (χ0n) is 13.5. The van der Waals surface area contributed by atoms with E-state index in [0.29, 0.717) is 12.4 Å². The third-order valence-electron chi connectivity index (χ3n) is 6.56. The average molecular weight is 315 g/mol. The van der Waals surface area contributed by atoms with Gasteiger partial charge in [-0.05, 0) is 19.8 Å². The topological polar surface area (TPSA) is 106 Å². The first-order chi connectivity index (χ1) is 11.1. The van der Waals surface area contributed by atoms with E-state index < -0.39 is 22.2 Å². The molecule has 4 atom stereocenters. The molecule has 4 aliphatic rings. The molecule has 1 saturated heterocycles. The average Bonchev–Trinajstić information content (AvgIpc) is 2.69. The fourth-order valence-electron chi connectivity index (χ4n) is 5.70. The van der Waals surface area contributed by atoms with Gasteiger partial charge in [-0.2, -0.15) is 10.5 Å². The Hall–Kier alpha value is -1.63. The summed E-state index contributed by atoms with van der Waals surface area (Å²) < 4.78 is 12.0. The van der Waals surface area contributed by atoms with Crippen LogP contribution in [0.25, 0.3) is 0 Å². The maximum absolute atomic E-state index is 10.2. The molecule has 0 aromatic rings. The Morgan fingerprint density at radius 2 is 1.78 bits per heavy atom. The van der Waals surface area contributed by atoms with Crippen molar-refractivity contribution in [1.82, 2.24) is 0 Å². The van der Waals surface area contributed by atoms with Gasteiger partial charge in [0.25, 0.3) is 5.84 Å². The standard InChI is InChI=1S/C17H22N4O2/c1-12-9-22-17(23-12)16(11-19)14(7-5-3-2-4-6-8-14)15(16,10-18)13(20)21-17/h12H,2-9H2,1H3,(H2,20,21)/p+1/t12-,15-,16+,17-/m0/s1. The predicted octanol–water partition coefficient (Wildman–Crippen LogP) is 0.291. The molecule has 0 bridgehead atoms. The molecule has 0 amide bonds. The molecular formula is C17H23N4O2+. The minimum absolute atomic E-state index is 0.124. The molecule has 23 heavy (non-hydrogen) atoms. The van der Waals surface area contributed by atoms with Crippen LogP contribution in [0.2, 0.25) is 0 Å². The number of nitrogens with one attached hydrogen (secondary N) is 1. The van der Waals surface area contributed by atoms with E-state index in [9.17, 15) is 10.5 Å². The van der Waals surface area contributed by atoms with Crippen LogP contribution in [-0.4, -0.2) is 24.5 Å². The Labute approximate surface area is 136 Å². The molecule has 2 saturated carbocycles. The number of fused-ring (bicyclic) bond motifs is 4. The van der Waals surface area contributed by atoms with Crippen molar-refractivity contribution in [3.05, 3.63) is 0 Å². The smallest absolute Gasteiger partial charge is 0.311 e. The lowest BCUT2D eigenvalue weighted by molar-refractivity contribution is -0.680.